The van der Waals surface area contributed by atoms with Crippen LogP contribution in [0.3, 0.4) is 0 Å². The Morgan fingerprint density at radius 3 is 2.96 bits per heavy atom. The van der Waals surface area contributed by atoms with Crippen LogP contribution in [0.2, 0.25) is 0 Å². The van der Waals surface area contributed by atoms with E-state index in [1.165, 1.54) is 6.07 Å². The zero-order valence-electron chi connectivity index (χ0n) is 13.6. The Bertz CT molecular complexity index is 791. The summed E-state index contributed by atoms with van der Waals surface area (Å²) < 4.78 is 0. The molecule has 1 N–H and O–H groups in total. The number of pyridine rings is 1. The second kappa shape index (κ2) is 6.82. The zero-order valence-corrected chi connectivity index (χ0v) is 13.6. The van der Waals surface area contributed by atoms with Gasteiger partial charge in [0.05, 0.1) is 4.92 Å². The first kappa shape index (κ1) is 16.2. The van der Waals surface area contributed by atoms with E-state index in [0.717, 1.165) is 42.7 Å². The van der Waals surface area contributed by atoms with E-state index in [9.17, 15) is 14.9 Å². The molecule has 1 aromatic carbocycles. The quantitative estimate of drug-likeness (QED) is 0.500. The van der Waals surface area contributed by atoms with E-state index in [1.54, 1.807) is 6.07 Å². The number of fused-ring (bicyclic) bond motifs is 1. The van der Waals surface area contributed by atoms with Crippen molar-refractivity contribution in [3.63, 3.8) is 0 Å². The van der Waals surface area contributed by atoms with E-state index in [2.05, 4.69) is 10.3 Å². The molecule has 3 rings (SSSR count). The van der Waals surface area contributed by atoms with Crippen molar-refractivity contribution in [2.24, 2.45) is 0 Å². The van der Waals surface area contributed by atoms with Gasteiger partial charge in [-0.3, -0.25) is 14.9 Å². The van der Waals surface area contributed by atoms with E-state index in [-0.39, 0.29) is 11.6 Å². The molecule has 1 fully saturated rings. The van der Waals surface area contributed by atoms with Crippen LogP contribution in [-0.2, 0) is 4.79 Å². The highest BCUT2D eigenvalue weighted by Crippen LogP contribution is 2.29. The number of anilines is 1. The van der Waals surface area contributed by atoms with Crippen molar-refractivity contribution in [1.29, 1.82) is 0 Å². The number of likely N-dealkylation sites (tertiary alicyclic amines) is 1. The molecule has 0 saturated carbocycles. The lowest BCUT2D eigenvalue weighted by Gasteiger charge is -2.16. The lowest BCUT2D eigenvalue weighted by molar-refractivity contribution is -0.383. The number of nitro groups is 1. The highest BCUT2D eigenvalue weighted by Gasteiger charge is 2.19. The van der Waals surface area contributed by atoms with Crippen LogP contribution in [0.4, 0.5) is 11.4 Å². The number of rotatable bonds is 6. The summed E-state index contributed by atoms with van der Waals surface area (Å²) in [5, 5.41) is 15.3. The van der Waals surface area contributed by atoms with Gasteiger partial charge in [-0.25, -0.2) is 4.98 Å². The normalized spacial score (nSPS) is 14.4. The van der Waals surface area contributed by atoms with Gasteiger partial charge in [-0.1, -0.05) is 12.1 Å². The van der Waals surface area contributed by atoms with E-state index in [0.29, 0.717) is 18.5 Å². The molecule has 1 aliphatic heterocycles. The van der Waals surface area contributed by atoms with Crippen LogP contribution >= 0.6 is 0 Å². The summed E-state index contributed by atoms with van der Waals surface area (Å²) >= 11 is 0. The van der Waals surface area contributed by atoms with Gasteiger partial charge in [0.25, 0.3) is 5.69 Å². The van der Waals surface area contributed by atoms with Gasteiger partial charge in [-0.2, -0.15) is 0 Å². The van der Waals surface area contributed by atoms with Gasteiger partial charge in [0.15, 0.2) is 5.52 Å². The van der Waals surface area contributed by atoms with Gasteiger partial charge in [0.2, 0.25) is 5.91 Å². The van der Waals surface area contributed by atoms with Crippen LogP contribution in [0.5, 0.6) is 0 Å². The maximum absolute atomic E-state index is 11.6. The van der Waals surface area contributed by atoms with Crippen LogP contribution in [0.25, 0.3) is 10.9 Å². The summed E-state index contributed by atoms with van der Waals surface area (Å²) in [6.07, 6.45) is 2.44. The Balaban J connectivity index is 1.73. The van der Waals surface area contributed by atoms with E-state index in [1.807, 2.05) is 24.0 Å². The van der Waals surface area contributed by atoms with Crippen LogP contribution < -0.4 is 5.32 Å². The van der Waals surface area contributed by atoms with Crippen molar-refractivity contribution < 1.29 is 9.72 Å². The van der Waals surface area contributed by atoms with Crippen LogP contribution in [0, 0.1) is 17.0 Å². The molecule has 0 bridgehead atoms. The lowest BCUT2D eigenvalue weighted by atomic mass is 10.1. The molecule has 2 aromatic rings. The van der Waals surface area contributed by atoms with Crippen molar-refractivity contribution in [3.8, 4) is 0 Å². The first-order chi connectivity index (χ1) is 11.6. The van der Waals surface area contributed by atoms with Crippen molar-refractivity contribution in [2.45, 2.75) is 26.2 Å². The molecule has 1 amide bonds. The first-order valence-corrected chi connectivity index (χ1v) is 8.12. The summed E-state index contributed by atoms with van der Waals surface area (Å²) in [5.41, 5.74) is 1.99. The van der Waals surface area contributed by atoms with E-state index < -0.39 is 4.92 Å². The van der Waals surface area contributed by atoms with Gasteiger partial charge < -0.3 is 10.2 Å². The Labute approximate surface area is 139 Å². The molecule has 126 valence electrons. The Kier molecular flexibility index (Phi) is 4.59. The molecule has 1 saturated heterocycles. The molecule has 7 nitrogen and oxygen atoms in total. The monoisotopic (exact) mass is 328 g/mol. The molecule has 2 heterocycles. The molecular weight excluding hydrogens is 308 g/mol. The smallest absolute Gasteiger partial charge is 0.295 e. The maximum Gasteiger partial charge on any atom is 0.295 e. The number of nitro benzene ring substituents is 1. The third-order valence-corrected chi connectivity index (χ3v) is 4.23. The second-order valence-corrected chi connectivity index (χ2v) is 6.01. The Morgan fingerprint density at radius 1 is 1.42 bits per heavy atom. The van der Waals surface area contributed by atoms with Crippen molar-refractivity contribution in [3.05, 3.63) is 40.1 Å². The first-order valence-electron chi connectivity index (χ1n) is 8.12. The number of nitrogens with zero attached hydrogens (tertiary/aromatic N) is 3. The molecule has 1 aromatic heterocycles. The number of hydrogen-bond donors (Lipinski definition) is 1. The number of para-hydroxylation sites is 1. The second-order valence-electron chi connectivity index (χ2n) is 6.01. The predicted molar refractivity (Wildman–Crippen MR) is 92.1 cm³/mol. The minimum absolute atomic E-state index is 0.0157. The highest BCUT2D eigenvalue weighted by atomic mass is 16.6. The summed E-state index contributed by atoms with van der Waals surface area (Å²) in [5.74, 6) is 0.232. The lowest BCUT2D eigenvalue weighted by Crippen LogP contribution is -2.27. The highest BCUT2D eigenvalue weighted by molar-refractivity contribution is 5.96. The van der Waals surface area contributed by atoms with Gasteiger partial charge in [-0.15, -0.1) is 0 Å². The van der Waals surface area contributed by atoms with Gasteiger partial charge in [0.1, 0.15) is 0 Å². The topological polar surface area (TPSA) is 88.4 Å². The third-order valence-electron chi connectivity index (χ3n) is 4.23. The summed E-state index contributed by atoms with van der Waals surface area (Å²) in [6.45, 7) is 4.12. The van der Waals surface area contributed by atoms with Crippen LogP contribution in [0.15, 0.2) is 24.3 Å². The minimum atomic E-state index is -0.405. The fourth-order valence-electron chi connectivity index (χ4n) is 3.09. The van der Waals surface area contributed by atoms with Gasteiger partial charge >= 0.3 is 0 Å². The number of aryl methyl sites for hydroxylation is 1. The number of carbonyl (C=O) groups excluding carboxylic acids is 1. The third kappa shape index (κ3) is 3.29. The number of carbonyl (C=O) groups is 1. The molecule has 0 aliphatic carbocycles. The van der Waals surface area contributed by atoms with Crippen LogP contribution in [0.1, 0.15) is 25.0 Å². The zero-order chi connectivity index (χ0) is 17.1. The van der Waals surface area contributed by atoms with Gasteiger partial charge in [-0.05, 0) is 25.8 Å². The fourth-order valence-corrected chi connectivity index (χ4v) is 3.09. The number of non-ortho nitro benzene ring substituents is 1. The Morgan fingerprint density at radius 2 is 2.25 bits per heavy atom. The summed E-state index contributed by atoms with van der Waals surface area (Å²) in [6, 6.07) is 6.87. The van der Waals surface area contributed by atoms with Crippen molar-refractivity contribution in [2.75, 3.05) is 25.0 Å². The number of amides is 1. The van der Waals surface area contributed by atoms with Crippen LogP contribution in [-0.4, -0.2) is 40.3 Å². The molecular formula is C17H20N4O3. The molecule has 0 unspecified atom stereocenters. The molecule has 7 heteroatoms. The molecule has 1 aliphatic rings. The molecule has 24 heavy (non-hydrogen) atoms. The largest absolute Gasteiger partial charge is 0.384 e. The average Bonchev–Trinajstić information content (AvgIpc) is 2.95. The molecule has 0 atom stereocenters. The van der Waals surface area contributed by atoms with Gasteiger partial charge in [0, 0.05) is 48.9 Å². The van der Waals surface area contributed by atoms with Crippen molar-refractivity contribution >= 4 is 28.2 Å². The van der Waals surface area contributed by atoms with Crippen molar-refractivity contribution in [1.82, 2.24) is 9.88 Å². The molecule has 0 spiro atoms. The number of nitrogens with one attached hydrogen (secondary N) is 1. The SMILES string of the molecule is Cc1cc(NCCCN2CCCC2=O)c2cccc([N+](=O)[O-])c2n1. The van der Waals surface area contributed by atoms with E-state index in [4.69, 9.17) is 0 Å². The molecule has 0 radical (unpaired) electrons. The average molecular weight is 328 g/mol. The number of hydrogen-bond acceptors (Lipinski definition) is 5. The number of benzene rings is 1. The Hall–Kier alpha value is -2.70. The van der Waals surface area contributed by atoms with E-state index >= 15 is 0 Å². The maximum atomic E-state index is 11.6. The summed E-state index contributed by atoms with van der Waals surface area (Å²) in [7, 11) is 0. The predicted octanol–water partition coefficient (Wildman–Crippen LogP) is 2.88. The fraction of sp³-hybridized carbons (Fsp3) is 0.412. The standard InChI is InChI=1S/C17H20N4O3/c1-12-11-14(18-8-4-10-20-9-3-7-16(20)22)13-5-2-6-15(21(23)24)17(13)19-12/h2,5-6,11H,3-4,7-10H2,1H3,(H,18,19). The number of aromatic nitrogens is 1. The minimum Gasteiger partial charge on any atom is -0.384 e. The summed E-state index contributed by atoms with van der Waals surface area (Å²) in [4.78, 5) is 28.6.